The third-order valence-electron chi connectivity index (χ3n) is 4.69. The molecule has 0 saturated carbocycles. The summed E-state index contributed by atoms with van der Waals surface area (Å²) in [4.78, 5) is 12.8. The second kappa shape index (κ2) is 10.4. The second-order valence-electron chi connectivity index (χ2n) is 6.95. The lowest BCUT2D eigenvalue weighted by Crippen LogP contribution is -2.37. The van der Waals surface area contributed by atoms with Crippen molar-refractivity contribution >= 4 is 49.1 Å². The summed E-state index contributed by atoms with van der Waals surface area (Å²) >= 11 is 9.28. The van der Waals surface area contributed by atoms with Crippen molar-refractivity contribution in [3.05, 3.63) is 93.4 Å². The molecule has 0 atom stereocenters. The van der Waals surface area contributed by atoms with Gasteiger partial charge in [0.15, 0.2) is 0 Å². The highest BCUT2D eigenvalue weighted by molar-refractivity contribution is 9.10. The van der Waals surface area contributed by atoms with E-state index in [-0.39, 0.29) is 18.0 Å². The van der Waals surface area contributed by atoms with E-state index < -0.39 is 15.9 Å². The molecule has 1 amide bonds. The van der Waals surface area contributed by atoms with Crippen molar-refractivity contribution in [3.63, 3.8) is 0 Å². The number of benzene rings is 3. The molecule has 3 aromatic rings. The van der Waals surface area contributed by atoms with Gasteiger partial charge in [0, 0.05) is 21.7 Å². The van der Waals surface area contributed by atoms with Crippen molar-refractivity contribution in [2.75, 3.05) is 11.9 Å². The molecular weight excluding hydrogens is 500 g/mol. The maximum Gasteiger partial charge on any atom is 0.243 e. The molecule has 0 bridgehead atoms. The Bertz CT molecular complexity index is 1130. The number of anilines is 1. The van der Waals surface area contributed by atoms with Crippen LogP contribution in [-0.4, -0.2) is 25.2 Å². The largest absolute Gasteiger partial charge is 0.325 e. The maximum absolute atomic E-state index is 13.3. The highest BCUT2D eigenvalue weighted by Gasteiger charge is 2.27. The lowest BCUT2D eigenvalue weighted by molar-refractivity contribution is -0.116. The van der Waals surface area contributed by atoms with Crippen molar-refractivity contribution in [2.24, 2.45) is 0 Å². The van der Waals surface area contributed by atoms with Crippen LogP contribution in [0.5, 0.6) is 0 Å². The van der Waals surface area contributed by atoms with Crippen LogP contribution in [0.15, 0.2) is 82.2 Å². The Morgan fingerprint density at radius 2 is 1.52 bits per heavy atom. The molecule has 3 rings (SSSR count). The van der Waals surface area contributed by atoms with E-state index in [1.165, 1.54) is 24.3 Å². The first kappa shape index (κ1) is 23.5. The Morgan fingerprint density at radius 1 is 0.935 bits per heavy atom. The molecule has 0 unspecified atom stereocenters. The minimum absolute atomic E-state index is 0.0560. The SMILES string of the molecule is CCc1ccc(NC(=O)CN(Cc2ccc(Br)cc2)S(=O)(=O)c2ccc(Cl)cc2)cc1. The van der Waals surface area contributed by atoms with Gasteiger partial charge in [0.2, 0.25) is 15.9 Å². The Morgan fingerprint density at radius 3 is 2.10 bits per heavy atom. The van der Waals surface area contributed by atoms with Crippen LogP contribution in [0.25, 0.3) is 0 Å². The molecule has 31 heavy (non-hydrogen) atoms. The zero-order valence-corrected chi connectivity index (χ0v) is 20.0. The molecule has 0 spiro atoms. The minimum atomic E-state index is -3.92. The standard InChI is InChI=1S/C23H22BrClN2O3S/c1-2-17-5-11-21(12-6-17)26-23(28)16-27(15-18-3-7-19(24)8-4-18)31(29,30)22-13-9-20(25)10-14-22/h3-14H,2,15-16H2,1H3,(H,26,28). The summed E-state index contributed by atoms with van der Waals surface area (Å²) in [6.07, 6.45) is 0.897. The summed E-state index contributed by atoms with van der Waals surface area (Å²) < 4.78 is 28.6. The van der Waals surface area contributed by atoms with E-state index in [9.17, 15) is 13.2 Å². The average Bonchev–Trinajstić information content (AvgIpc) is 2.75. The van der Waals surface area contributed by atoms with Gasteiger partial charge in [-0.05, 0) is 66.1 Å². The summed E-state index contributed by atoms with van der Waals surface area (Å²) in [6.45, 7) is 1.78. The number of aryl methyl sites for hydroxylation is 1. The van der Waals surface area contributed by atoms with Crippen LogP contribution in [0.3, 0.4) is 0 Å². The van der Waals surface area contributed by atoms with E-state index in [1.807, 2.05) is 48.5 Å². The normalized spacial score (nSPS) is 11.5. The van der Waals surface area contributed by atoms with E-state index in [0.29, 0.717) is 10.7 Å². The number of carbonyl (C=O) groups excluding carboxylic acids is 1. The number of nitrogens with one attached hydrogen (secondary N) is 1. The molecule has 0 aliphatic heterocycles. The van der Waals surface area contributed by atoms with Crippen LogP contribution in [-0.2, 0) is 27.8 Å². The lowest BCUT2D eigenvalue weighted by Gasteiger charge is -2.22. The summed E-state index contributed by atoms with van der Waals surface area (Å²) in [6, 6.07) is 20.7. The van der Waals surface area contributed by atoms with Gasteiger partial charge in [0.05, 0.1) is 11.4 Å². The van der Waals surface area contributed by atoms with Crippen LogP contribution in [0.2, 0.25) is 5.02 Å². The molecule has 0 heterocycles. The zero-order valence-electron chi connectivity index (χ0n) is 16.9. The van der Waals surface area contributed by atoms with E-state index in [4.69, 9.17) is 11.6 Å². The smallest absolute Gasteiger partial charge is 0.243 e. The van der Waals surface area contributed by atoms with Crippen molar-refractivity contribution < 1.29 is 13.2 Å². The predicted octanol–water partition coefficient (Wildman–Crippen LogP) is 5.49. The lowest BCUT2D eigenvalue weighted by atomic mass is 10.1. The molecular formula is C23H22BrClN2O3S. The number of halogens is 2. The van der Waals surface area contributed by atoms with Crippen molar-refractivity contribution in [1.82, 2.24) is 4.31 Å². The minimum Gasteiger partial charge on any atom is -0.325 e. The summed E-state index contributed by atoms with van der Waals surface area (Å²) in [5, 5.41) is 3.21. The van der Waals surface area contributed by atoms with E-state index >= 15 is 0 Å². The average molecular weight is 522 g/mol. The third kappa shape index (κ3) is 6.40. The Labute approximate surface area is 196 Å². The van der Waals surface area contributed by atoms with Gasteiger partial charge in [0.25, 0.3) is 0 Å². The second-order valence-corrected chi connectivity index (χ2v) is 10.2. The molecule has 3 aromatic carbocycles. The fourth-order valence-corrected chi connectivity index (χ4v) is 4.73. The van der Waals surface area contributed by atoms with Gasteiger partial charge in [-0.15, -0.1) is 0 Å². The highest BCUT2D eigenvalue weighted by Crippen LogP contribution is 2.22. The Hall–Kier alpha value is -2.19. The van der Waals surface area contributed by atoms with Gasteiger partial charge in [-0.1, -0.05) is 58.7 Å². The molecule has 0 saturated heterocycles. The molecule has 8 heteroatoms. The first-order valence-electron chi connectivity index (χ1n) is 9.67. The molecule has 0 radical (unpaired) electrons. The number of nitrogens with zero attached hydrogens (tertiary/aromatic N) is 1. The quantitative estimate of drug-likeness (QED) is 0.426. The van der Waals surface area contributed by atoms with E-state index in [0.717, 1.165) is 26.3 Å². The van der Waals surface area contributed by atoms with Crippen molar-refractivity contribution in [3.8, 4) is 0 Å². The summed E-state index contributed by atoms with van der Waals surface area (Å²) in [5.74, 6) is -0.418. The molecule has 0 aromatic heterocycles. The van der Waals surface area contributed by atoms with Crippen LogP contribution in [0.4, 0.5) is 5.69 Å². The highest BCUT2D eigenvalue weighted by atomic mass is 79.9. The monoisotopic (exact) mass is 520 g/mol. The molecule has 1 N–H and O–H groups in total. The van der Waals surface area contributed by atoms with Gasteiger partial charge >= 0.3 is 0 Å². The summed E-state index contributed by atoms with van der Waals surface area (Å²) in [5.41, 5.74) is 2.54. The van der Waals surface area contributed by atoms with E-state index in [1.54, 1.807) is 0 Å². The number of carbonyl (C=O) groups is 1. The Kier molecular flexibility index (Phi) is 7.89. The van der Waals surface area contributed by atoms with Gasteiger partial charge in [-0.2, -0.15) is 4.31 Å². The third-order valence-corrected chi connectivity index (χ3v) is 7.28. The maximum atomic E-state index is 13.3. The fourth-order valence-electron chi connectivity index (χ4n) is 2.96. The molecule has 5 nitrogen and oxygen atoms in total. The first-order chi connectivity index (χ1) is 14.8. The zero-order chi connectivity index (χ0) is 22.4. The van der Waals surface area contributed by atoms with Gasteiger partial charge in [-0.25, -0.2) is 8.42 Å². The van der Waals surface area contributed by atoms with Crippen LogP contribution < -0.4 is 5.32 Å². The van der Waals surface area contributed by atoms with E-state index in [2.05, 4.69) is 28.2 Å². The van der Waals surface area contributed by atoms with Crippen LogP contribution >= 0.6 is 27.5 Å². The molecule has 162 valence electrons. The van der Waals surface area contributed by atoms with Gasteiger partial charge < -0.3 is 5.32 Å². The first-order valence-corrected chi connectivity index (χ1v) is 12.3. The van der Waals surface area contributed by atoms with Gasteiger partial charge in [0.1, 0.15) is 0 Å². The number of rotatable bonds is 8. The molecule has 0 fully saturated rings. The number of sulfonamides is 1. The number of amides is 1. The topological polar surface area (TPSA) is 66.5 Å². The predicted molar refractivity (Wildman–Crippen MR) is 128 cm³/mol. The van der Waals surface area contributed by atoms with Crippen molar-refractivity contribution in [1.29, 1.82) is 0 Å². The number of hydrogen-bond donors (Lipinski definition) is 1. The molecule has 0 aliphatic carbocycles. The molecule has 0 aliphatic rings. The fraction of sp³-hybridized carbons (Fsp3) is 0.174. The van der Waals surface area contributed by atoms with Crippen molar-refractivity contribution in [2.45, 2.75) is 24.8 Å². The van der Waals surface area contributed by atoms with Crippen LogP contribution in [0, 0.1) is 0 Å². The van der Waals surface area contributed by atoms with Gasteiger partial charge in [-0.3, -0.25) is 4.79 Å². The summed E-state index contributed by atoms with van der Waals surface area (Å²) in [7, 11) is -3.92. The van der Waals surface area contributed by atoms with Crippen LogP contribution in [0.1, 0.15) is 18.1 Å². The number of hydrogen-bond acceptors (Lipinski definition) is 3. The Balaban J connectivity index is 1.84.